The fourth-order valence-electron chi connectivity index (χ4n) is 4.44. The van der Waals surface area contributed by atoms with Crippen molar-refractivity contribution in [2.75, 3.05) is 41.1 Å². The molecule has 0 radical (unpaired) electrons. The van der Waals surface area contributed by atoms with E-state index in [1.807, 2.05) is 54.6 Å². The van der Waals surface area contributed by atoms with Crippen molar-refractivity contribution >= 4 is 156 Å². The summed E-state index contributed by atoms with van der Waals surface area (Å²) in [4.78, 5) is 43.2. The quantitative estimate of drug-likeness (QED) is 0.0537. The number of nitriles is 1. The van der Waals surface area contributed by atoms with Crippen molar-refractivity contribution in [1.29, 1.82) is 5.26 Å². The predicted octanol–water partition coefficient (Wildman–Crippen LogP) is 9.15. The van der Waals surface area contributed by atoms with Gasteiger partial charge in [0.15, 0.2) is 0 Å². The maximum atomic E-state index is 11.5. The minimum Gasteiger partial charge on any atom is -0.398 e. The van der Waals surface area contributed by atoms with E-state index in [0.29, 0.717) is 20.3 Å². The molecule has 4 amide bonds. The van der Waals surface area contributed by atoms with Crippen LogP contribution in [0.4, 0.5) is 28.4 Å². The highest BCUT2D eigenvalue weighted by Crippen LogP contribution is 2.28. The molecule has 0 unspecified atom stereocenters. The Bertz CT molecular complexity index is 2940. The second-order valence-electron chi connectivity index (χ2n) is 12.7. The summed E-state index contributed by atoms with van der Waals surface area (Å²) in [5.41, 5.74) is 8.47. The van der Waals surface area contributed by atoms with E-state index in [2.05, 4.69) is 94.4 Å². The highest BCUT2D eigenvalue weighted by atomic mass is 79.9. The van der Waals surface area contributed by atoms with E-state index < -0.39 is 29.1 Å². The van der Waals surface area contributed by atoms with Crippen molar-refractivity contribution in [3.8, 4) is 6.07 Å². The van der Waals surface area contributed by atoms with Gasteiger partial charge >= 0.3 is 0 Å². The molecule has 0 atom stereocenters. The van der Waals surface area contributed by atoms with Gasteiger partial charge in [0.05, 0.1) is 43.0 Å². The first kappa shape index (κ1) is 63.2. The fraction of sp³-hybridized carbons (Fsp3) is 0.167. The first-order chi connectivity index (χ1) is 31.1. The molecule has 0 bridgehead atoms. The molecule has 0 aromatic heterocycles. The van der Waals surface area contributed by atoms with Crippen LogP contribution in [-0.4, -0.2) is 63.0 Å². The zero-order valence-corrected chi connectivity index (χ0v) is 45.6. The van der Waals surface area contributed by atoms with Gasteiger partial charge in [0, 0.05) is 62.0 Å². The zero-order chi connectivity index (χ0) is 51.3. The molecule has 0 aliphatic rings. The Balaban J connectivity index is 0.000000838. The number of rotatable bonds is 9. The summed E-state index contributed by atoms with van der Waals surface area (Å²) >= 11 is 12.9. The lowest BCUT2D eigenvalue weighted by Gasteiger charge is -2.07. The van der Waals surface area contributed by atoms with Crippen molar-refractivity contribution in [3.63, 3.8) is 0 Å². The minimum atomic E-state index is -3.74. The van der Waals surface area contributed by atoms with Crippen molar-refractivity contribution < 1.29 is 44.4 Å². The standard InChI is InChI=1S/C10H11N3O3S.C9H11BrN2O3S.C8H7BrClNO3S.C8H8BrNO.C6H6BrN.CH4/c1-7(14)13-10-4-3-9(5-8(10)6-11)17(15,16)12-2;1-6(13)12-9-4-3-7(5-8(9)10)16(14,15)11-2;1-5(12)11-8-3-2-6(4-7(8)9)15(10,13)14;1-6(11)10-8-5-3-2-4-7(8)9;7-5-3-1-2-4-6(5)8;/h3-5,12H,1-2H3,(H,13,14);3-5,11H,1-2H3,(H,12,13);2-4H,1H3,(H,11,12);2-5H,1H3,(H,10,11);1-4H,8H2;1H4. The molecule has 18 nitrogen and oxygen atoms in total. The van der Waals surface area contributed by atoms with Gasteiger partial charge in [-0.15, -0.1) is 0 Å². The Kier molecular flexibility index (Phi) is 27.9. The molecular weight excluding hydrogens is 1230 g/mol. The molecule has 26 heteroatoms. The van der Waals surface area contributed by atoms with E-state index in [9.17, 15) is 44.4 Å². The average molecular weight is 1280 g/mol. The molecule has 5 rings (SSSR count). The molecule has 5 aromatic rings. The predicted molar refractivity (Wildman–Crippen MR) is 282 cm³/mol. The number of hydrogen-bond acceptors (Lipinski definition) is 12. The van der Waals surface area contributed by atoms with E-state index >= 15 is 0 Å². The number of halogens is 5. The number of anilines is 5. The number of para-hydroxylation sites is 2. The van der Waals surface area contributed by atoms with Crippen molar-refractivity contribution in [3.05, 3.63) is 127 Å². The van der Waals surface area contributed by atoms with Crippen LogP contribution in [0.15, 0.2) is 136 Å². The molecule has 0 spiro atoms. The Labute approximate surface area is 434 Å². The summed E-state index contributed by atoms with van der Waals surface area (Å²) in [7, 11) is -3.02. The van der Waals surface area contributed by atoms with Gasteiger partial charge in [-0.2, -0.15) is 5.26 Å². The number of carbonyl (C=O) groups is 4. The van der Waals surface area contributed by atoms with Crippen LogP contribution in [0.5, 0.6) is 0 Å². The molecule has 0 heterocycles. The summed E-state index contributed by atoms with van der Waals surface area (Å²) in [6.45, 7) is 5.53. The number of nitrogen functional groups attached to an aromatic ring is 1. The Hall–Kier alpha value is -4.75. The largest absolute Gasteiger partial charge is 0.398 e. The van der Waals surface area contributed by atoms with Gasteiger partial charge in [-0.1, -0.05) is 31.7 Å². The van der Waals surface area contributed by atoms with E-state index in [1.54, 1.807) is 0 Å². The number of benzene rings is 5. The Morgan fingerprint density at radius 2 is 0.853 bits per heavy atom. The Morgan fingerprint density at radius 1 is 0.515 bits per heavy atom. The monoisotopic (exact) mass is 1270 g/mol. The van der Waals surface area contributed by atoms with Crippen LogP contribution in [0.25, 0.3) is 0 Å². The summed E-state index contributed by atoms with van der Waals surface area (Å²) < 4.78 is 75.1. The van der Waals surface area contributed by atoms with Gasteiger partial charge in [-0.3, -0.25) is 19.2 Å². The third-order valence-electron chi connectivity index (χ3n) is 7.45. The molecule has 5 aromatic carbocycles. The maximum absolute atomic E-state index is 11.5. The molecule has 0 aliphatic carbocycles. The molecule has 68 heavy (non-hydrogen) atoms. The van der Waals surface area contributed by atoms with Crippen molar-refractivity contribution in [1.82, 2.24) is 9.44 Å². The number of amides is 4. The van der Waals surface area contributed by atoms with Crippen LogP contribution in [0.2, 0.25) is 0 Å². The fourth-order valence-corrected chi connectivity index (χ4v) is 8.65. The highest BCUT2D eigenvalue weighted by molar-refractivity contribution is 9.11. The molecule has 0 saturated heterocycles. The molecule has 0 saturated carbocycles. The van der Waals surface area contributed by atoms with Crippen LogP contribution in [-0.2, 0) is 48.3 Å². The molecular formula is C42H47Br4ClN8O10S3. The maximum Gasteiger partial charge on any atom is 0.261 e. The van der Waals surface area contributed by atoms with Gasteiger partial charge in [0.25, 0.3) is 9.05 Å². The van der Waals surface area contributed by atoms with Gasteiger partial charge in [-0.25, -0.2) is 34.7 Å². The summed E-state index contributed by atoms with van der Waals surface area (Å²) in [6, 6.07) is 29.3. The van der Waals surface area contributed by atoms with Crippen LogP contribution < -0.4 is 36.4 Å². The Morgan fingerprint density at radius 3 is 1.19 bits per heavy atom. The number of carbonyl (C=O) groups excluding carboxylic acids is 4. The van der Waals surface area contributed by atoms with E-state index in [1.165, 1.54) is 96.4 Å². The zero-order valence-electron chi connectivity index (χ0n) is 36.0. The topological polar surface area (TPSA) is 293 Å². The van der Waals surface area contributed by atoms with Gasteiger partial charge < -0.3 is 27.0 Å². The third-order valence-corrected chi connectivity index (χ3v) is 14.4. The summed E-state index contributed by atoms with van der Waals surface area (Å²) in [6.07, 6.45) is 0. The smallest absolute Gasteiger partial charge is 0.261 e. The SMILES string of the molecule is C.CC(=O)Nc1ccc(S(=O)(=O)Cl)cc1Br.CC(=O)Nc1ccccc1Br.CNS(=O)(=O)c1ccc(NC(C)=O)c(Br)c1.CNS(=O)(=O)c1ccc(NC(C)=O)c(C#N)c1.Nc1ccccc1Br. The average Bonchev–Trinajstić information content (AvgIpc) is 3.24. The third kappa shape index (κ3) is 23.0. The molecule has 368 valence electrons. The summed E-state index contributed by atoms with van der Waals surface area (Å²) in [5, 5.41) is 19.1. The van der Waals surface area contributed by atoms with Crippen LogP contribution in [0.1, 0.15) is 40.7 Å². The van der Waals surface area contributed by atoms with E-state index in [0.717, 1.165) is 20.3 Å². The van der Waals surface area contributed by atoms with Crippen LogP contribution >= 0.6 is 74.4 Å². The first-order valence-corrected chi connectivity index (χ1v) is 26.8. The lowest BCUT2D eigenvalue weighted by atomic mass is 10.2. The number of nitrogens with two attached hydrogens (primary N) is 1. The van der Waals surface area contributed by atoms with Gasteiger partial charge in [-0.05, 0) is 157 Å². The molecule has 0 fully saturated rings. The minimum absolute atomic E-state index is 0. The molecule has 0 aliphatic heterocycles. The molecule has 8 N–H and O–H groups in total. The van der Waals surface area contributed by atoms with E-state index in [-0.39, 0.29) is 57.0 Å². The lowest BCUT2D eigenvalue weighted by Crippen LogP contribution is -2.19. The highest BCUT2D eigenvalue weighted by Gasteiger charge is 2.16. The number of sulfonamides is 2. The van der Waals surface area contributed by atoms with Crippen molar-refractivity contribution in [2.45, 2.75) is 49.8 Å². The number of nitrogens with zero attached hydrogens (tertiary/aromatic N) is 1. The second kappa shape index (κ2) is 30.0. The lowest BCUT2D eigenvalue weighted by molar-refractivity contribution is -0.115. The normalized spacial score (nSPS) is 10.3. The van der Waals surface area contributed by atoms with E-state index in [4.69, 9.17) is 21.7 Å². The van der Waals surface area contributed by atoms with Crippen molar-refractivity contribution in [2.24, 2.45) is 0 Å². The summed E-state index contributed by atoms with van der Waals surface area (Å²) in [5.74, 6) is -0.843. The first-order valence-electron chi connectivity index (χ1n) is 18.4. The van der Waals surface area contributed by atoms with Crippen LogP contribution in [0.3, 0.4) is 0 Å². The van der Waals surface area contributed by atoms with Gasteiger partial charge in [0.2, 0.25) is 43.7 Å². The second-order valence-corrected chi connectivity index (χ2v) is 22.4. The number of hydrogen-bond donors (Lipinski definition) is 7. The van der Waals surface area contributed by atoms with Crippen LogP contribution in [0, 0.1) is 11.3 Å². The van der Waals surface area contributed by atoms with Gasteiger partial charge in [0.1, 0.15) is 6.07 Å². The number of nitrogens with one attached hydrogen (secondary N) is 6.